The van der Waals surface area contributed by atoms with E-state index in [0.717, 1.165) is 25.7 Å². The lowest BCUT2D eigenvalue weighted by atomic mass is 9.69. The highest BCUT2D eigenvalue weighted by atomic mass is 16.3. The van der Waals surface area contributed by atoms with Gasteiger partial charge in [-0.1, -0.05) is 12.1 Å². The molecule has 3 aliphatic carbocycles. The van der Waals surface area contributed by atoms with E-state index >= 15 is 0 Å². The number of fused-ring (bicyclic) bond motifs is 5. The number of carbonyl (C=O) groups is 1. The summed E-state index contributed by atoms with van der Waals surface area (Å²) >= 11 is 0. The minimum Gasteiger partial charge on any atom is -0.393 e. The quantitative estimate of drug-likeness (QED) is 0.754. The van der Waals surface area contributed by atoms with Crippen LogP contribution in [0.4, 0.5) is 0 Å². The van der Waals surface area contributed by atoms with Gasteiger partial charge in [-0.25, -0.2) is 0 Å². The summed E-state index contributed by atoms with van der Waals surface area (Å²) in [5.41, 5.74) is 11.6. The van der Waals surface area contributed by atoms with Crippen LogP contribution in [0.5, 0.6) is 0 Å². The van der Waals surface area contributed by atoms with Crippen molar-refractivity contribution in [3.8, 4) is 0 Å². The molecular weight excluding hydrogens is 250 g/mol. The van der Waals surface area contributed by atoms with Crippen molar-refractivity contribution in [3.05, 3.63) is 34.4 Å². The van der Waals surface area contributed by atoms with Crippen molar-refractivity contribution in [1.29, 1.82) is 0 Å². The fourth-order valence-corrected chi connectivity index (χ4v) is 4.64. The Hall–Kier alpha value is -1.19. The van der Waals surface area contributed by atoms with Gasteiger partial charge in [-0.15, -0.1) is 0 Å². The molecule has 1 aromatic carbocycles. The van der Waals surface area contributed by atoms with Gasteiger partial charge in [0.15, 0.2) is 0 Å². The molecule has 3 aliphatic rings. The highest BCUT2D eigenvalue weighted by molar-refractivity contribution is 5.84. The summed E-state index contributed by atoms with van der Waals surface area (Å²) in [7, 11) is 0. The zero-order chi connectivity index (χ0) is 13.9. The number of aliphatic hydroxyl groups is 1. The van der Waals surface area contributed by atoms with E-state index in [0.29, 0.717) is 25.0 Å². The normalized spacial score (nSPS) is 35.4. The van der Waals surface area contributed by atoms with Crippen molar-refractivity contribution in [1.82, 2.24) is 0 Å². The fraction of sp³-hybridized carbons (Fsp3) is 0.588. The summed E-state index contributed by atoms with van der Waals surface area (Å²) in [5.74, 6) is 0.630. The van der Waals surface area contributed by atoms with Gasteiger partial charge < -0.3 is 10.8 Å². The molecule has 3 atom stereocenters. The number of aliphatic hydroxyl groups excluding tert-OH is 1. The van der Waals surface area contributed by atoms with Crippen molar-refractivity contribution in [2.75, 3.05) is 0 Å². The van der Waals surface area contributed by atoms with Crippen LogP contribution in [0.25, 0.3) is 0 Å². The van der Waals surface area contributed by atoms with E-state index in [2.05, 4.69) is 12.1 Å². The number of hydrogen-bond donors (Lipinski definition) is 2. The Labute approximate surface area is 119 Å². The van der Waals surface area contributed by atoms with Crippen molar-refractivity contribution >= 4 is 5.78 Å². The predicted molar refractivity (Wildman–Crippen MR) is 76.7 cm³/mol. The monoisotopic (exact) mass is 271 g/mol. The third-order valence-electron chi connectivity index (χ3n) is 5.64. The first-order valence-corrected chi connectivity index (χ1v) is 7.69. The third-order valence-corrected chi connectivity index (χ3v) is 5.64. The molecule has 0 heterocycles. The summed E-state index contributed by atoms with van der Waals surface area (Å²) in [4.78, 5) is 11.8. The van der Waals surface area contributed by atoms with Crippen LogP contribution in [0.15, 0.2) is 12.1 Å². The largest absolute Gasteiger partial charge is 0.393 e. The molecule has 1 saturated carbocycles. The number of carbonyl (C=O) groups excluding carboxylic acids is 1. The molecule has 0 bridgehead atoms. The maximum Gasteiger partial charge on any atom is 0.137 e. The van der Waals surface area contributed by atoms with Gasteiger partial charge in [-0.05, 0) is 54.4 Å². The number of nitrogens with two attached hydrogens (primary N) is 1. The van der Waals surface area contributed by atoms with E-state index in [1.807, 2.05) is 0 Å². The molecule has 0 spiro atoms. The van der Waals surface area contributed by atoms with Gasteiger partial charge in [0.25, 0.3) is 0 Å². The Morgan fingerprint density at radius 2 is 2.05 bits per heavy atom. The Balaban J connectivity index is 1.83. The second-order valence-electron chi connectivity index (χ2n) is 6.87. The summed E-state index contributed by atoms with van der Waals surface area (Å²) in [6, 6.07) is 4.41. The van der Waals surface area contributed by atoms with E-state index in [9.17, 15) is 9.90 Å². The van der Waals surface area contributed by atoms with E-state index in [-0.39, 0.29) is 17.6 Å². The van der Waals surface area contributed by atoms with Crippen molar-refractivity contribution in [3.63, 3.8) is 0 Å². The van der Waals surface area contributed by atoms with Crippen molar-refractivity contribution < 1.29 is 9.90 Å². The summed E-state index contributed by atoms with van der Waals surface area (Å²) in [6.07, 6.45) is 5.30. The van der Waals surface area contributed by atoms with Gasteiger partial charge in [0.05, 0.1) is 6.10 Å². The van der Waals surface area contributed by atoms with E-state index in [1.165, 1.54) is 22.3 Å². The first-order valence-electron chi connectivity index (χ1n) is 7.69. The molecule has 0 amide bonds. The number of Topliss-reactive ketones (excluding diaryl/α,β-unsaturated/α-hetero) is 1. The first-order chi connectivity index (χ1) is 9.57. The zero-order valence-corrected chi connectivity index (χ0v) is 11.7. The third kappa shape index (κ3) is 1.69. The predicted octanol–water partition coefficient (Wildman–Crippen LogP) is 1.63. The Morgan fingerprint density at radius 1 is 1.20 bits per heavy atom. The lowest BCUT2D eigenvalue weighted by molar-refractivity contribution is -0.118. The summed E-state index contributed by atoms with van der Waals surface area (Å²) in [6.45, 7) is 0. The zero-order valence-electron chi connectivity index (χ0n) is 11.7. The SMILES string of the molecule is N[C@@]12CCc3c(ccc4c3CC(=O)CC4)[C@H]1C[C@H](O)C2. The minimum absolute atomic E-state index is 0.237. The molecule has 106 valence electrons. The van der Waals surface area contributed by atoms with Crippen molar-refractivity contribution in [2.24, 2.45) is 5.73 Å². The lowest BCUT2D eigenvalue weighted by Gasteiger charge is -2.39. The molecule has 4 rings (SSSR count). The highest BCUT2D eigenvalue weighted by Gasteiger charge is 2.47. The number of benzene rings is 1. The standard InChI is InChI=1S/C17H21NO2/c18-17-6-5-13-14(16(17)8-12(20)9-17)4-2-10-1-3-11(19)7-15(10)13/h2,4,12,16,20H,1,3,5-9,18H2/t12-,16+,17+/m0/s1. The second kappa shape index (κ2) is 4.15. The smallest absolute Gasteiger partial charge is 0.137 e. The topological polar surface area (TPSA) is 63.3 Å². The van der Waals surface area contributed by atoms with Crippen LogP contribution in [0.3, 0.4) is 0 Å². The van der Waals surface area contributed by atoms with Crippen LogP contribution in [-0.4, -0.2) is 22.5 Å². The van der Waals surface area contributed by atoms with Gasteiger partial charge >= 0.3 is 0 Å². The average molecular weight is 271 g/mol. The molecule has 0 saturated heterocycles. The Morgan fingerprint density at radius 3 is 2.90 bits per heavy atom. The molecule has 3 heteroatoms. The highest BCUT2D eigenvalue weighted by Crippen LogP contribution is 2.49. The maximum atomic E-state index is 11.8. The molecule has 3 nitrogen and oxygen atoms in total. The number of ketones is 1. The molecule has 0 aliphatic heterocycles. The molecular formula is C17H21NO2. The van der Waals surface area contributed by atoms with Gasteiger partial charge in [-0.3, -0.25) is 4.79 Å². The van der Waals surface area contributed by atoms with Crippen LogP contribution in [0.1, 0.15) is 53.9 Å². The summed E-state index contributed by atoms with van der Waals surface area (Å²) < 4.78 is 0. The molecule has 1 aromatic rings. The van der Waals surface area contributed by atoms with E-state index < -0.39 is 0 Å². The molecule has 0 radical (unpaired) electrons. The molecule has 1 fully saturated rings. The summed E-state index contributed by atoms with van der Waals surface area (Å²) in [5, 5.41) is 10.00. The average Bonchev–Trinajstić information content (AvgIpc) is 2.72. The van der Waals surface area contributed by atoms with Gasteiger partial charge in [0, 0.05) is 24.3 Å². The van der Waals surface area contributed by atoms with Crippen LogP contribution in [0.2, 0.25) is 0 Å². The lowest BCUT2D eigenvalue weighted by Crippen LogP contribution is -2.45. The van der Waals surface area contributed by atoms with E-state index in [4.69, 9.17) is 5.73 Å². The van der Waals surface area contributed by atoms with Crippen molar-refractivity contribution in [2.45, 2.75) is 62.5 Å². The molecule has 20 heavy (non-hydrogen) atoms. The number of hydrogen-bond acceptors (Lipinski definition) is 3. The Kier molecular flexibility index (Phi) is 2.60. The molecule has 0 aromatic heterocycles. The fourth-order valence-electron chi connectivity index (χ4n) is 4.64. The number of aryl methyl sites for hydroxylation is 1. The molecule has 0 unspecified atom stereocenters. The minimum atomic E-state index is -0.270. The van der Waals surface area contributed by atoms with Gasteiger partial charge in [0.1, 0.15) is 5.78 Å². The maximum absolute atomic E-state index is 11.8. The van der Waals surface area contributed by atoms with E-state index in [1.54, 1.807) is 0 Å². The van der Waals surface area contributed by atoms with Gasteiger partial charge in [-0.2, -0.15) is 0 Å². The van der Waals surface area contributed by atoms with Gasteiger partial charge in [0.2, 0.25) is 0 Å². The first kappa shape index (κ1) is 12.5. The van der Waals surface area contributed by atoms with Crippen LogP contribution >= 0.6 is 0 Å². The molecule has 3 N–H and O–H groups in total. The second-order valence-corrected chi connectivity index (χ2v) is 6.87. The van der Waals surface area contributed by atoms with Crippen LogP contribution < -0.4 is 5.73 Å². The Bertz CT molecular complexity index is 595. The van der Waals surface area contributed by atoms with Crippen LogP contribution in [0, 0.1) is 0 Å². The number of rotatable bonds is 0. The van der Waals surface area contributed by atoms with Crippen LogP contribution in [-0.2, 0) is 24.1 Å².